The molecular formula is C12H25ClN2O3S. The van der Waals surface area contributed by atoms with E-state index in [-0.39, 0.29) is 35.9 Å². The second-order valence-corrected chi connectivity index (χ2v) is 7.12. The third-order valence-electron chi connectivity index (χ3n) is 3.22. The van der Waals surface area contributed by atoms with Gasteiger partial charge in [0.05, 0.1) is 5.75 Å². The first-order valence-electron chi connectivity index (χ1n) is 6.67. The summed E-state index contributed by atoms with van der Waals surface area (Å²) in [4.78, 5) is 13.7. The zero-order valence-electron chi connectivity index (χ0n) is 11.7. The first-order chi connectivity index (χ1) is 8.46. The number of nitrogens with zero attached hydrogens (tertiary/aromatic N) is 1. The van der Waals surface area contributed by atoms with E-state index in [4.69, 9.17) is 0 Å². The van der Waals surface area contributed by atoms with Crippen molar-refractivity contribution in [1.82, 2.24) is 10.2 Å². The lowest BCUT2D eigenvalue weighted by atomic mass is 10.2. The molecule has 114 valence electrons. The molecule has 1 fully saturated rings. The molecule has 0 spiro atoms. The van der Waals surface area contributed by atoms with Gasteiger partial charge in [-0.3, -0.25) is 4.79 Å². The van der Waals surface area contributed by atoms with E-state index in [1.807, 2.05) is 13.8 Å². The second-order valence-electron chi connectivity index (χ2n) is 4.94. The van der Waals surface area contributed by atoms with Crippen LogP contribution in [0.4, 0.5) is 0 Å². The molecule has 1 saturated heterocycles. The molecule has 0 aromatic heterocycles. The molecular weight excluding hydrogens is 288 g/mol. The van der Waals surface area contributed by atoms with Crippen molar-refractivity contribution in [1.29, 1.82) is 0 Å². The molecule has 0 saturated carbocycles. The van der Waals surface area contributed by atoms with Crippen LogP contribution in [-0.4, -0.2) is 56.4 Å². The minimum atomic E-state index is -3.24. The van der Waals surface area contributed by atoms with E-state index in [1.54, 1.807) is 4.90 Å². The van der Waals surface area contributed by atoms with Crippen LogP contribution in [-0.2, 0) is 14.6 Å². The van der Waals surface area contributed by atoms with Crippen LogP contribution in [0.5, 0.6) is 0 Å². The predicted octanol–water partition coefficient (Wildman–Crippen LogP) is 0.833. The molecule has 1 amide bonds. The molecule has 1 rings (SSSR count). The number of amides is 1. The molecule has 1 heterocycles. The van der Waals surface area contributed by atoms with Gasteiger partial charge >= 0.3 is 0 Å². The van der Waals surface area contributed by atoms with Gasteiger partial charge in [-0.25, -0.2) is 8.42 Å². The molecule has 1 N–H and O–H groups in total. The largest absolute Gasteiger partial charge is 0.337 e. The SMILES string of the molecule is CCCCCS(=O)(=O)CC(=O)N1CCNCC1C.Cl. The lowest BCUT2D eigenvalue weighted by Crippen LogP contribution is -2.53. The number of hydrogen-bond acceptors (Lipinski definition) is 4. The van der Waals surface area contributed by atoms with Crippen molar-refractivity contribution in [3.63, 3.8) is 0 Å². The Kier molecular flexibility index (Phi) is 8.61. The number of sulfone groups is 1. The molecule has 19 heavy (non-hydrogen) atoms. The third kappa shape index (κ3) is 6.58. The Bertz CT molecular complexity index is 373. The Morgan fingerprint density at radius 3 is 2.63 bits per heavy atom. The maximum absolute atomic E-state index is 12.0. The lowest BCUT2D eigenvalue weighted by molar-refractivity contribution is -0.131. The van der Waals surface area contributed by atoms with Gasteiger partial charge in [0.2, 0.25) is 5.91 Å². The summed E-state index contributed by atoms with van der Waals surface area (Å²) in [5, 5.41) is 3.18. The number of hydrogen-bond donors (Lipinski definition) is 1. The van der Waals surface area contributed by atoms with Crippen LogP contribution in [0.15, 0.2) is 0 Å². The van der Waals surface area contributed by atoms with Gasteiger partial charge in [0.25, 0.3) is 0 Å². The van der Waals surface area contributed by atoms with Gasteiger partial charge in [-0.1, -0.05) is 19.8 Å². The Morgan fingerprint density at radius 1 is 1.37 bits per heavy atom. The van der Waals surface area contributed by atoms with Crippen molar-refractivity contribution in [2.75, 3.05) is 31.1 Å². The number of nitrogens with one attached hydrogen (secondary N) is 1. The van der Waals surface area contributed by atoms with Crippen LogP contribution >= 0.6 is 12.4 Å². The van der Waals surface area contributed by atoms with Crippen molar-refractivity contribution in [2.45, 2.75) is 39.2 Å². The van der Waals surface area contributed by atoms with Gasteiger partial charge in [0, 0.05) is 25.7 Å². The maximum Gasteiger partial charge on any atom is 0.238 e. The van der Waals surface area contributed by atoms with Gasteiger partial charge in [0.1, 0.15) is 5.75 Å². The molecule has 0 radical (unpaired) electrons. The molecule has 0 bridgehead atoms. The highest BCUT2D eigenvalue weighted by Gasteiger charge is 2.26. The number of carbonyl (C=O) groups excluding carboxylic acids is 1. The molecule has 1 aliphatic rings. The average molecular weight is 313 g/mol. The summed E-state index contributed by atoms with van der Waals surface area (Å²) in [7, 11) is -3.24. The molecule has 0 aliphatic carbocycles. The number of halogens is 1. The summed E-state index contributed by atoms with van der Waals surface area (Å²) in [6.07, 6.45) is 2.54. The Balaban J connectivity index is 0.00000324. The van der Waals surface area contributed by atoms with Crippen LogP contribution in [0.2, 0.25) is 0 Å². The van der Waals surface area contributed by atoms with E-state index < -0.39 is 9.84 Å². The van der Waals surface area contributed by atoms with Gasteiger partial charge in [-0.05, 0) is 13.3 Å². The van der Waals surface area contributed by atoms with Crippen LogP contribution in [0.25, 0.3) is 0 Å². The number of piperazine rings is 1. The summed E-state index contributed by atoms with van der Waals surface area (Å²) in [5.41, 5.74) is 0. The highest BCUT2D eigenvalue weighted by Crippen LogP contribution is 2.06. The van der Waals surface area contributed by atoms with Crippen molar-refractivity contribution in [3.8, 4) is 0 Å². The first kappa shape index (κ1) is 18.7. The van der Waals surface area contributed by atoms with Crippen LogP contribution in [0.1, 0.15) is 33.1 Å². The Hall–Kier alpha value is -0.330. The summed E-state index contributed by atoms with van der Waals surface area (Å²) in [6.45, 7) is 6.05. The third-order valence-corrected chi connectivity index (χ3v) is 4.82. The molecule has 0 aromatic carbocycles. The highest BCUT2D eigenvalue weighted by atomic mass is 35.5. The van der Waals surface area contributed by atoms with E-state index in [0.717, 1.165) is 25.9 Å². The maximum atomic E-state index is 12.0. The van der Waals surface area contributed by atoms with Crippen LogP contribution in [0.3, 0.4) is 0 Å². The second kappa shape index (κ2) is 8.76. The van der Waals surface area contributed by atoms with Crippen LogP contribution in [0, 0.1) is 0 Å². The fourth-order valence-corrected chi connectivity index (χ4v) is 3.46. The lowest BCUT2D eigenvalue weighted by Gasteiger charge is -2.33. The summed E-state index contributed by atoms with van der Waals surface area (Å²) >= 11 is 0. The smallest absolute Gasteiger partial charge is 0.238 e. The fourth-order valence-electron chi connectivity index (χ4n) is 2.13. The van der Waals surface area contributed by atoms with Crippen molar-refractivity contribution < 1.29 is 13.2 Å². The zero-order valence-corrected chi connectivity index (χ0v) is 13.4. The summed E-state index contributed by atoms with van der Waals surface area (Å²) in [6, 6.07) is 0.0806. The number of carbonyl (C=O) groups is 1. The standard InChI is InChI=1S/C12H24N2O3S.ClH/c1-3-4-5-8-18(16,17)10-12(15)14-7-6-13-9-11(14)2;/h11,13H,3-10H2,1-2H3;1H. The molecule has 1 atom stereocenters. The molecule has 1 unspecified atom stereocenters. The zero-order chi connectivity index (χ0) is 13.6. The molecule has 7 heteroatoms. The topological polar surface area (TPSA) is 66.5 Å². The quantitative estimate of drug-likeness (QED) is 0.738. The summed E-state index contributed by atoms with van der Waals surface area (Å²) in [5.74, 6) is -0.450. The van der Waals surface area contributed by atoms with Gasteiger partial charge < -0.3 is 10.2 Å². The first-order valence-corrected chi connectivity index (χ1v) is 8.49. The normalized spacial score (nSPS) is 19.9. The Labute approximate surface area is 122 Å². The van der Waals surface area contributed by atoms with Crippen molar-refractivity contribution >= 4 is 28.2 Å². The van der Waals surface area contributed by atoms with Crippen LogP contribution < -0.4 is 5.32 Å². The number of unbranched alkanes of at least 4 members (excludes halogenated alkanes) is 2. The predicted molar refractivity (Wildman–Crippen MR) is 79.5 cm³/mol. The van der Waals surface area contributed by atoms with E-state index >= 15 is 0 Å². The van der Waals surface area contributed by atoms with Crippen molar-refractivity contribution in [2.24, 2.45) is 0 Å². The van der Waals surface area contributed by atoms with E-state index in [2.05, 4.69) is 5.32 Å². The Morgan fingerprint density at radius 2 is 2.05 bits per heavy atom. The van der Waals surface area contributed by atoms with E-state index in [0.29, 0.717) is 13.0 Å². The molecule has 5 nitrogen and oxygen atoms in total. The summed E-state index contributed by atoms with van der Waals surface area (Å²) < 4.78 is 23.6. The van der Waals surface area contributed by atoms with E-state index in [1.165, 1.54) is 0 Å². The number of rotatable bonds is 6. The minimum absolute atomic E-state index is 0. The monoisotopic (exact) mass is 312 g/mol. The van der Waals surface area contributed by atoms with Crippen molar-refractivity contribution in [3.05, 3.63) is 0 Å². The fraction of sp³-hybridized carbons (Fsp3) is 0.917. The van der Waals surface area contributed by atoms with Gasteiger partial charge in [-0.2, -0.15) is 0 Å². The average Bonchev–Trinajstić information content (AvgIpc) is 2.29. The van der Waals surface area contributed by atoms with Gasteiger partial charge in [0.15, 0.2) is 9.84 Å². The highest BCUT2D eigenvalue weighted by molar-refractivity contribution is 7.92. The molecule has 1 aliphatic heterocycles. The van der Waals surface area contributed by atoms with E-state index in [9.17, 15) is 13.2 Å². The van der Waals surface area contributed by atoms with Gasteiger partial charge in [-0.15, -0.1) is 12.4 Å². The minimum Gasteiger partial charge on any atom is -0.337 e. The molecule has 0 aromatic rings.